The fourth-order valence-electron chi connectivity index (χ4n) is 10.6. The number of hydrogen-bond acceptors (Lipinski definition) is 17. The lowest BCUT2D eigenvalue weighted by molar-refractivity contribution is -0.117. The van der Waals surface area contributed by atoms with Crippen molar-refractivity contribution >= 4 is 116 Å². The van der Waals surface area contributed by atoms with Gasteiger partial charge in [-0.3, -0.25) is 30.0 Å². The van der Waals surface area contributed by atoms with Gasteiger partial charge in [-0.05, 0) is 164 Å². The summed E-state index contributed by atoms with van der Waals surface area (Å²) in [7, 11) is 1.75. The summed E-state index contributed by atoms with van der Waals surface area (Å²) in [5, 5.41) is 55.5. The average molecular weight is 1420 g/mol. The second-order valence-electron chi connectivity index (χ2n) is 24.3. The number of nitrogens with zero attached hydrogens (tertiary/aromatic N) is 10. The topological polar surface area (TPSA) is 328 Å². The van der Waals surface area contributed by atoms with Crippen LogP contribution in [-0.2, 0) is 16.9 Å². The highest BCUT2D eigenvalue weighted by Crippen LogP contribution is 2.43. The normalized spacial score (nSPS) is 13.2. The quantitative estimate of drug-likeness (QED) is 0.0393. The number of halogens is 6. The van der Waals surface area contributed by atoms with E-state index in [1.54, 1.807) is 123 Å². The first kappa shape index (κ1) is 68.6. The van der Waals surface area contributed by atoms with Gasteiger partial charge in [0.2, 0.25) is 17.7 Å². The van der Waals surface area contributed by atoms with Gasteiger partial charge in [0, 0.05) is 39.6 Å². The monoisotopic (exact) mass is 1420 g/mol. The van der Waals surface area contributed by atoms with E-state index in [0.717, 1.165) is 75.4 Å². The molecule has 9 N–H and O–H groups in total. The van der Waals surface area contributed by atoms with Gasteiger partial charge in [0.25, 0.3) is 17.7 Å². The fraction of sp³-hybridized carbons (Fsp3) is 0.105. The zero-order valence-electron chi connectivity index (χ0n) is 55.2. The molecule has 0 aliphatic heterocycles. The molecule has 2 fully saturated rings. The van der Waals surface area contributed by atoms with Crippen molar-refractivity contribution in [2.45, 2.75) is 37.8 Å². The Balaban J connectivity index is 0.000000118. The molecule has 9 heterocycles. The Morgan fingerprint density at radius 1 is 0.505 bits per heavy atom. The van der Waals surface area contributed by atoms with Gasteiger partial charge in [0.05, 0.1) is 86.7 Å². The first-order chi connectivity index (χ1) is 51.0. The number of amides is 2. The highest BCUT2D eigenvalue weighted by Gasteiger charge is 2.45. The summed E-state index contributed by atoms with van der Waals surface area (Å²) in [4.78, 5) is 32.3. The third-order valence-corrected chi connectivity index (χ3v) is 16.6. The number of carbonyl (C=O) groups excluding carboxylic acids is 2. The number of fused-ring (bicyclic) bond motifs is 4. The molecule has 17 rings (SSSR count). The van der Waals surface area contributed by atoms with Gasteiger partial charge in [-0.25, -0.2) is 36.3 Å². The van der Waals surface area contributed by atoms with Crippen LogP contribution in [0.3, 0.4) is 0 Å². The highest BCUT2D eigenvalue weighted by atomic mass is 19.1. The van der Waals surface area contributed by atoms with Crippen molar-refractivity contribution < 1.29 is 49.2 Å². The maximum atomic E-state index is 14.6. The predicted octanol–water partition coefficient (Wildman–Crippen LogP) is 15.5. The van der Waals surface area contributed by atoms with Crippen LogP contribution in [0.2, 0.25) is 0 Å². The number of rotatable bonds is 17. The molecular weight excluding hydrogens is 1360 g/mol. The molecule has 0 bridgehead atoms. The minimum atomic E-state index is -0.579. The Morgan fingerprint density at radius 3 is 1.32 bits per heavy atom. The summed E-state index contributed by atoms with van der Waals surface area (Å²) < 4.78 is 97.1. The molecular formula is C76H58F6N18O5. The minimum absolute atomic E-state index is 0.0220. The number of hydrogen-bond donors (Lipinski definition) is 8. The molecule has 6 aromatic carbocycles. The largest absolute Gasteiger partial charge is 0.459 e. The molecule has 0 unspecified atom stereocenters. The van der Waals surface area contributed by atoms with Crippen LogP contribution in [0, 0.1) is 40.8 Å². The van der Waals surface area contributed by atoms with Gasteiger partial charge >= 0.3 is 0 Å². The molecule has 0 radical (unpaired) electrons. The van der Waals surface area contributed by atoms with E-state index in [1.807, 2.05) is 30.4 Å². The molecule has 0 atom stereocenters. The molecule has 23 nitrogen and oxygen atoms in total. The summed E-state index contributed by atoms with van der Waals surface area (Å²) in [6.45, 7) is 0.397. The number of aromatic amines is 4. The van der Waals surface area contributed by atoms with Crippen molar-refractivity contribution in [3.8, 4) is 22.9 Å². The number of nitrogens with two attached hydrogens (primary N) is 1. The van der Waals surface area contributed by atoms with Crippen LogP contribution in [0.5, 0.6) is 0 Å². The second kappa shape index (κ2) is 30.3. The van der Waals surface area contributed by atoms with Crippen LogP contribution in [0.15, 0.2) is 178 Å². The Kier molecular flexibility index (Phi) is 19.8. The lowest BCUT2D eigenvalue weighted by Crippen LogP contribution is -2.18. The third-order valence-electron chi connectivity index (χ3n) is 16.6. The summed E-state index contributed by atoms with van der Waals surface area (Å²) >= 11 is 0. The first-order valence-corrected chi connectivity index (χ1v) is 32.6. The van der Waals surface area contributed by atoms with E-state index in [4.69, 9.17) is 19.0 Å². The first-order valence-electron chi connectivity index (χ1n) is 32.6. The lowest BCUT2D eigenvalue weighted by Gasteiger charge is -2.02. The van der Waals surface area contributed by atoms with Gasteiger partial charge in [0.15, 0.2) is 5.76 Å². The van der Waals surface area contributed by atoms with Gasteiger partial charge < -0.3 is 34.9 Å². The lowest BCUT2D eigenvalue weighted by atomic mass is 10.1. The number of aromatic nitrogens is 14. The molecule has 2 amide bonds. The van der Waals surface area contributed by atoms with Crippen LogP contribution < -0.4 is 21.7 Å². The number of carbonyl (C=O) groups is 2. The molecule has 0 saturated heterocycles. The predicted molar refractivity (Wildman–Crippen MR) is 384 cm³/mol. The van der Waals surface area contributed by atoms with E-state index in [1.165, 1.54) is 66.9 Å². The molecule has 105 heavy (non-hydrogen) atoms. The van der Waals surface area contributed by atoms with E-state index >= 15 is 0 Å². The van der Waals surface area contributed by atoms with Crippen molar-refractivity contribution in [1.29, 1.82) is 0 Å². The maximum absolute atomic E-state index is 14.6. The van der Waals surface area contributed by atoms with Crippen LogP contribution in [0.25, 0.3) is 115 Å². The molecule has 2 aliphatic rings. The van der Waals surface area contributed by atoms with E-state index in [2.05, 4.69) is 87.1 Å². The van der Waals surface area contributed by atoms with Crippen molar-refractivity contribution in [3.05, 3.63) is 262 Å². The fourth-order valence-corrected chi connectivity index (χ4v) is 10.6. The number of anilines is 2. The second-order valence-corrected chi connectivity index (χ2v) is 24.3. The van der Waals surface area contributed by atoms with Crippen LogP contribution >= 0.6 is 0 Å². The van der Waals surface area contributed by atoms with E-state index < -0.39 is 17.2 Å². The van der Waals surface area contributed by atoms with Crippen LogP contribution in [-0.4, -0.2) is 90.0 Å². The van der Waals surface area contributed by atoms with Crippen LogP contribution in [0.1, 0.15) is 93.0 Å². The minimum Gasteiger partial charge on any atom is -0.459 e. The molecule has 2 saturated carbocycles. The molecule has 15 aromatic rings. The molecule has 524 valence electrons. The number of pyridine rings is 2. The van der Waals surface area contributed by atoms with E-state index in [0.29, 0.717) is 68.8 Å². The zero-order chi connectivity index (χ0) is 72.6. The van der Waals surface area contributed by atoms with Crippen molar-refractivity contribution in [1.82, 2.24) is 76.5 Å². The smallest absolute Gasteiger partial charge is 0.292 e. The van der Waals surface area contributed by atoms with Gasteiger partial charge in [-0.2, -0.15) is 20.4 Å². The summed E-state index contributed by atoms with van der Waals surface area (Å²) in [6.07, 6.45) is 22.6. The molecule has 29 heteroatoms. The van der Waals surface area contributed by atoms with Crippen molar-refractivity contribution in [3.63, 3.8) is 0 Å². The van der Waals surface area contributed by atoms with Crippen molar-refractivity contribution in [2.75, 3.05) is 17.7 Å². The van der Waals surface area contributed by atoms with Crippen LogP contribution in [0.4, 0.5) is 38.0 Å². The average Bonchev–Trinajstić information content (AvgIpc) is 1.63. The number of H-pyrrole nitrogens is 4. The Morgan fingerprint density at radius 2 is 0.914 bits per heavy atom. The Bertz CT molecular complexity index is 5740. The maximum Gasteiger partial charge on any atom is 0.292 e. The van der Waals surface area contributed by atoms with Gasteiger partial charge in [0.1, 0.15) is 46.5 Å². The number of nitrogens with one attached hydrogen (secondary N) is 7. The number of furan rings is 1. The van der Waals surface area contributed by atoms with E-state index in [9.17, 15) is 35.9 Å². The summed E-state index contributed by atoms with van der Waals surface area (Å²) in [5.41, 5.74) is 14.5. The zero-order valence-corrected chi connectivity index (χ0v) is 55.2. The number of benzene rings is 6. The highest BCUT2D eigenvalue weighted by molar-refractivity contribution is 6.03. The van der Waals surface area contributed by atoms with E-state index in [-0.39, 0.29) is 69.7 Å². The third kappa shape index (κ3) is 16.6. The summed E-state index contributed by atoms with van der Waals surface area (Å²) in [5.74, 6) is -0.355. The standard InChI is InChI=1S/C20H15F2N5O.C19H15F2N5O.C19H13FN4O2.C18H15FN4O/c21-12-4-1-11(2-5-12)3-6-16-14-9-13(15(22)10-17(14)25-24-16)18-26-27-19(28-18)20(23)7-8-20;1-22-10-18-25-26-19(27-18)13-8-14-16(23-24-17(14)9-15(13)21)7-4-11-2-5-12(20)6-3-11;20-13-6-3-12(4-7-13)5-8-15-14-10-18(21-11-16(14)24-23-15)22-19(25)17-2-1-9-26-17;19-13-6-1-11(2-7-13)3-8-15-14-9-17(20-10-16(14)23-22-15)21-18(24)12-4-5-12/h1-6,9-10H,7-8,23H2,(H,24,25);2-9,22H,10H2,1H3,(H,23,24);1-11H,(H,23,24)(H,21,22,25);1-3,6-10,12H,4-5H2,(H,22,23)(H,20,21,24)/b6-3+;7-4+;8-5+;8-3+. The van der Waals surface area contributed by atoms with Crippen molar-refractivity contribution in [2.24, 2.45) is 11.7 Å². The Labute approximate surface area is 590 Å². The summed E-state index contributed by atoms with van der Waals surface area (Å²) in [6, 6.07) is 37.2. The molecule has 9 aromatic heterocycles. The van der Waals surface area contributed by atoms with Gasteiger partial charge in [-0.1, -0.05) is 72.8 Å². The Hall–Kier alpha value is -13.5. The SMILES string of the molecule is CNCc1nnc(-c2cc3c(/C=C/c4ccc(F)cc4)n[nH]c3cc2F)o1.NC1(c2nnc(-c3cc4c(/C=C/c5ccc(F)cc5)n[nH]c4cc3F)o2)CC1.O=C(Nc1cc2c(/C=C/c3ccc(F)cc3)n[nH]c2cn1)C1CC1.O=C(Nc1cc2c(/C=C/c3ccc(F)cc3)n[nH]c2cn1)c1ccco1. The molecule has 2 aliphatic carbocycles. The van der Waals surface area contributed by atoms with Gasteiger partial charge in [-0.15, -0.1) is 20.4 Å². The molecule has 0 spiro atoms.